The molecule has 1 fully saturated rings. The molecule has 0 aliphatic carbocycles. The highest BCUT2D eigenvalue weighted by Gasteiger charge is 2.24. The quantitative estimate of drug-likeness (QED) is 0.849. The van der Waals surface area contributed by atoms with Crippen molar-refractivity contribution in [3.05, 3.63) is 24.3 Å². The van der Waals surface area contributed by atoms with Crippen LogP contribution in [0.3, 0.4) is 0 Å². The summed E-state index contributed by atoms with van der Waals surface area (Å²) >= 11 is 0. The number of rotatable bonds is 5. The predicted molar refractivity (Wildman–Crippen MR) is 70.5 cm³/mol. The Labute approximate surface area is 111 Å². The molecular weight excluding hydrogens is 248 g/mol. The zero-order valence-corrected chi connectivity index (χ0v) is 10.6. The Morgan fingerprint density at radius 1 is 1.58 bits per heavy atom. The minimum atomic E-state index is -0.895. The van der Waals surface area contributed by atoms with Crippen LogP contribution in [-0.2, 0) is 9.53 Å². The Kier molecular flexibility index (Phi) is 3.89. The van der Waals surface area contributed by atoms with Crippen molar-refractivity contribution in [3.63, 3.8) is 0 Å². The van der Waals surface area contributed by atoms with E-state index in [1.807, 2.05) is 0 Å². The van der Waals surface area contributed by atoms with Crippen LogP contribution in [0, 0.1) is 0 Å². The van der Waals surface area contributed by atoms with Crippen molar-refractivity contribution in [2.45, 2.75) is 19.4 Å². The summed E-state index contributed by atoms with van der Waals surface area (Å²) < 4.78 is 4.87. The van der Waals surface area contributed by atoms with Gasteiger partial charge in [-0.15, -0.1) is 0 Å². The molecule has 1 saturated heterocycles. The Morgan fingerprint density at radius 2 is 2.37 bits per heavy atom. The molecule has 2 N–H and O–H groups in total. The summed E-state index contributed by atoms with van der Waals surface area (Å²) in [5.74, 6) is -0.895. The maximum atomic E-state index is 11.5. The number of amides is 1. The van der Waals surface area contributed by atoms with Crippen molar-refractivity contribution in [2.24, 2.45) is 0 Å². The van der Waals surface area contributed by atoms with Gasteiger partial charge in [-0.25, -0.2) is 9.59 Å². The lowest BCUT2D eigenvalue weighted by atomic mass is 10.2. The molecule has 1 unspecified atom stereocenters. The Morgan fingerprint density at radius 3 is 2.95 bits per heavy atom. The summed E-state index contributed by atoms with van der Waals surface area (Å²) in [5, 5.41) is 11.9. The number of carboxylic acid groups (broad SMARTS) is 1. The second-order valence-corrected chi connectivity index (χ2v) is 4.26. The fourth-order valence-electron chi connectivity index (χ4n) is 1.93. The predicted octanol–water partition coefficient (Wildman–Crippen LogP) is 1.92. The lowest BCUT2D eigenvalue weighted by molar-refractivity contribution is -0.137. The van der Waals surface area contributed by atoms with Crippen LogP contribution in [-0.4, -0.2) is 36.4 Å². The van der Waals surface area contributed by atoms with Crippen molar-refractivity contribution in [2.75, 3.05) is 23.4 Å². The zero-order chi connectivity index (χ0) is 13.8. The average molecular weight is 264 g/mol. The minimum absolute atomic E-state index is 0.373. The number of benzene rings is 1. The number of hydrogen-bond donors (Lipinski definition) is 2. The standard InChI is InChI=1S/C13H16N2O4/c1-2-11(12(16)17)14-9-4-3-5-10(8-9)15-6-7-19-13(15)18/h3-5,8,11,14H,2,6-7H2,1H3,(H,16,17). The first-order valence-corrected chi connectivity index (χ1v) is 6.15. The van der Waals surface area contributed by atoms with Gasteiger partial charge in [-0.05, 0) is 24.6 Å². The van der Waals surface area contributed by atoms with Crippen LogP contribution in [0.25, 0.3) is 0 Å². The van der Waals surface area contributed by atoms with E-state index in [9.17, 15) is 9.59 Å². The van der Waals surface area contributed by atoms with Gasteiger partial charge in [-0.3, -0.25) is 4.90 Å². The first-order valence-electron chi connectivity index (χ1n) is 6.15. The number of nitrogens with one attached hydrogen (secondary N) is 1. The largest absolute Gasteiger partial charge is 0.480 e. The van der Waals surface area contributed by atoms with E-state index in [0.717, 1.165) is 0 Å². The molecule has 1 aliphatic heterocycles. The van der Waals surface area contributed by atoms with E-state index in [2.05, 4.69) is 5.32 Å². The number of carbonyl (C=O) groups is 2. The molecule has 1 atom stereocenters. The second-order valence-electron chi connectivity index (χ2n) is 4.26. The van der Waals surface area contributed by atoms with Crippen molar-refractivity contribution in [1.82, 2.24) is 0 Å². The monoisotopic (exact) mass is 264 g/mol. The lowest BCUT2D eigenvalue weighted by Crippen LogP contribution is -2.28. The van der Waals surface area contributed by atoms with E-state index < -0.39 is 12.0 Å². The van der Waals surface area contributed by atoms with Gasteiger partial charge in [-0.2, -0.15) is 0 Å². The summed E-state index contributed by atoms with van der Waals surface area (Å²) in [5.41, 5.74) is 1.37. The van der Waals surface area contributed by atoms with Crippen LogP contribution in [0.2, 0.25) is 0 Å². The molecule has 1 aliphatic rings. The van der Waals surface area contributed by atoms with Gasteiger partial charge in [0.05, 0.1) is 6.54 Å². The number of anilines is 2. The Hall–Kier alpha value is -2.24. The van der Waals surface area contributed by atoms with E-state index in [0.29, 0.717) is 30.9 Å². The third-order valence-electron chi connectivity index (χ3n) is 2.97. The van der Waals surface area contributed by atoms with Gasteiger partial charge in [-0.1, -0.05) is 13.0 Å². The Bertz CT molecular complexity index is 489. The number of aliphatic carboxylic acids is 1. The molecule has 6 nitrogen and oxygen atoms in total. The van der Waals surface area contributed by atoms with Gasteiger partial charge in [0.25, 0.3) is 0 Å². The smallest absolute Gasteiger partial charge is 0.414 e. The van der Waals surface area contributed by atoms with Gasteiger partial charge in [0.2, 0.25) is 0 Å². The maximum absolute atomic E-state index is 11.5. The van der Waals surface area contributed by atoms with Gasteiger partial charge in [0.15, 0.2) is 0 Å². The van der Waals surface area contributed by atoms with Crippen LogP contribution in [0.4, 0.5) is 16.2 Å². The molecule has 102 valence electrons. The number of carboxylic acids is 1. The molecule has 19 heavy (non-hydrogen) atoms. The van der Waals surface area contributed by atoms with Crippen LogP contribution >= 0.6 is 0 Å². The van der Waals surface area contributed by atoms with Gasteiger partial charge in [0, 0.05) is 11.4 Å². The molecule has 0 spiro atoms. The van der Waals surface area contributed by atoms with Crippen molar-refractivity contribution < 1.29 is 19.4 Å². The zero-order valence-electron chi connectivity index (χ0n) is 10.6. The SMILES string of the molecule is CCC(Nc1cccc(N2CCOC2=O)c1)C(=O)O. The average Bonchev–Trinajstić information content (AvgIpc) is 2.82. The molecule has 1 aromatic rings. The summed E-state index contributed by atoms with van der Waals surface area (Å²) in [4.78, 5) is 24.0. The molecule has 1 aromatic carbocycles. The first kappa shape index (κ1) is 13.2. The third-order valence-corrected chi connectivity index (χ3v) is 2.97. The lowest BCUT2D eigenvalue weighted by Gasteiger charge is -2.17. The number of nitrogens with zero attached hydrogens (tertiary/aromatic N) is 1. The minimum Gasteiger partial charge on any atom is -0.480 e. The first-order chi connectivity index (χ1) is 9.11. The molecule has 0 bridgehead atoms. The second kappa shape index (κ2) is 5.60. The normalized spacial score (nSPS) is 16.1. The maximum Gasteiger partial charge on any atom is 0.414 e. The van der Waals surface area contributed by atoms with E-state index in [1.54, 1.807) is 31.2 Å². The highest BCUT2D eigenvalue weighted by molar-refractivity contribution is 5.90. The number of carbonyl (C=O) groups excluding carboxylic acids is 1. The summed E-state index contributed by atoms with van der Waals surface area (Å²) in [6, 6.07) is 6.45. The van der Waals surface area contributed by atoms with E-state index >= 15 is 0 Å². The summed E-state index contributed by atoms with van der Waals surface area (Å²) in [7, 11) is 0. The topological polar surface area (TPSA) is 78.9 Å². The van der Waals surface area contributed by atoms with Crippen LogP contribution < -0.4 is 10.2 Å². The van der Waals surface area contributed by atoms with Gasteiger partial charge >= 0.3 is 12.1 Å². The van der Waals surface area contributed by atoms with E-state index in [4.69, 9.17) is 9.84 Å². The summed E-state index contributed by atoms with van der Waals surface area (Å²) in [6.07, 6.45) is 0.105. The summed E-state index contributed by atoms with van der Waals surface area (Å²) in [6.45, 7) is 2.69. The highest BCUT2D eigenvalue weighted by atomic mass is 16.6. The molecule has 1 heterocycles. The van der Waals surface area contributed by atoms with Crippen LogP contribution in [0.15, 0.2) is 24.3 Å². The van der Waals surface area contributed by atoms with Gasteiger partial charge in [0.1, 0.15) is 12.6 Å². The third kappa shape index (κ3) is 2.96. The molecule has 1 amide bonds. The molecule has 0 radical (unpaired) electrons. The molecular formula is C13H16N2O4. The Balaban J connectivity index is 2.15. The van der Waals surface area contributed by atoms with Crippen LogP contribution in [0.1, 0.15) is 13.3 Å². The van der Waals surface area contributed by atoms with E-state index in [1.165, 1.54) is 4.90 Å². The molecule has 0 saturated carbocycles. The fraction of sp³-hybridized carbons (Fsp3) is 0.385. The highest BCUT2D eigenvalue weighted by Crippen LogP contribution is 2.23. The van der Waals surface area contributed by atoms with Crippen molar-refractivity contribution in [3.8, 4) is 0 Å². The molecule has 2 rings (SSSR count). The van der Waals surface area contributed by atoms with Gasteiger partial charge < -0.3 is 15.2 Å². The van der Waals surface area contributed by atoms with Crippen molar-refractivity contribution in [1.29, 1.82) is 0 Å². The number of ether oxygens (including phenoxy) is 1. The van der Waals surface area contributed by atoms with Crippen LogP contribution in [0.5, 0.6) is 0 Å². The number of hydrogen-bond acceptors (Lipinski definition) is 4. The molecule has 6 heteroatoms. The fourth-order valence-corrected chi connectivity index (χ4v) is 1.93. The number of cyclic esters (lactones) is 1. The molecule has 0 aromatic heterocycles. The van der Waals surface area contributed by atoms with Crippen molar-refractivity contribution >= 4 is 23.4 Å². The van der Waals surface area contributed by atoms with E-state index in [-0.39, 0.29) is 6.09 Å².